The Morgan fingerprint density at radius 1 is 0.906 bits per heavy atom. The van der Waals surface area contributed by atoms with Gasteiger partial charge in [0.1, 0.15) is 0 Å². The molecular weight excluding hydrogens is 493 g/mol. The van der Waals surface area contributed by atoms with E-state index in [1.807, 2.05) is 6.07 Å². The molecule has 0 fully saturated rings. The van der Waals surface area contributed by atoms with Gasteiger partial charge in [0.25, 0.3) is 5.91 Å². The van der Waals surface area contributed by atoms with Crippen LogP contribution in [0, 0.1) is 0 Å². The maximum Gasteiger partial charge on any atom is 0.257 e. The molecule has 7 nitrogen and oxygen atoms in total. The monoisotopic (exact) mass is 509 g/mol. The largest absolute Gasteiger partial charge is 0.325 e. The second kappa shape index (κ2) is 10.4. The zero-order valence-electron chi connectivity index (χ0n) is 16.3. The number of rotatable bonds is 7. The van der Waals surface area contributed by atoms with E-state index in [4.69, 9.17) is 28.3 Å². The molecule has 32 heavy (non-hydrogen) atoms. The van der Waals surface area contributed by atoms with Gasteiger partial charge in [0.15, 0.2) is 0 Å². The van der Waals surface area contributed by atoms with Crippen molar-refractivity contribution in [2.24, 2.45) is 5.14 Å². The average molecular weight is 510 g/mol. The van der Waals surface area contributed by atoms with Crippen molar-refractivity contribution in [3.05, 3.63) is 82.3 Å². The van der Waals surface area contributed by atoms with E-state index in [0.29, 0.717) is 22.0 Å². The van der Waals surface area contributed by atoms with Crippen molar-refractivity contribution in [3.63, 3.8) is 0 Å². The van der Waals surface area contributed by atoms with E-state index in [1.165, 1.54) is 42.1 Å². The Morgan fingerprint density at radius 3 is 2.28 bits per heavy atom. The van der Waals surface area contributed by atoms with Gasteiger partial charge in [-0.15, -0.1) is 11.8 Å². The summed E-state index contributed by atoms with van der Waals surface area (Å²) in [6, 6.07) is 17.2. The standard InChI is InChI=1S/C21H17Cl2N3O4S2/c22-13-4-9-18(19(23)10-13)21(28)26-15-2-1-3-16(11-15)31-12-20(27)25-14-5-7-17(8-6-14)32(24,29)30/h1-11H,12H2,(H,25,27)(H,26,28)(H2,24,29,30). The molecule has 0 heterocycles. The van der Waals surface area contributed by atoms with Crippen LogP contribution in [0.2, 0.25) is 10.0 Å². The Morgan fingerprint density at radius 2 is 1.62 bits per heavy atom. The van der Waals surface area contributed by atoms with Crippen molar-refractivity contribution < 1.29 is 18.0 Å². The molecule has 0 bridgehead atoms. The van der Waals surface area contributed by atoms with Gasteiger partial charge in [-0.3, -0.25) is 9.59 Å². The van der Waals surface area contributed by atoms with E-state index in [2.05, 4.69) is 10.6 Å². The van der Waals surface area contributed by atoms with Gasteiger partial charge in [0.2, 0.25) is 15.9 Å². The molecule has 166 valence electrons. The van der Waals surface area contributed by atoms with Crippen molar-refractivity contribution in [3.8, 4) is 0 Å². The number of benzene rings is 3. The Kier molecular flexibility index (Phi) is 7.81. The van der Waals surface area contributed by atoms with Crippen LogP contribution in [0.3, 0.4) is 0 Å². The fourth-order valence-electron chi connectivity index (χ4n) is 2.61. The third-order valence-corrected chi connectivity index (χ3v) is 6.58. The first kappa shape index (κ1) is 24.1. The number of nitrogens with one attached hydrogen (secondary N) is 2. The fourth-order valence-corrected chi connectivity index (χ4v) is 4.37. The van der Waals surface area contributed by atoms with Crippen molar-refractivity contribution in [1.29, 1.82) is 0 Å². The summed E-state index contributed by atoms with van der Waals surface area (Å²) in [5.41, 5.74) is 1.29. The maximum absolute atomic E-state index is 12.5. The second-order valence-corrected chi connectivity index (χ2v) is 9.97. The molecule has 0 unspecified atom stereocenters. The van der Waals surface area contributed by atoms with Crippen LogP contribution in [-0.4, -0.2) is 26.0 Å². The van der Waals surface area contributed by atoms with Gasteiger partial charge in [-0.1, -0.05) is 29.3 Å². The summed E-state index contributed by atoms with van der Waals surface area (Å²) < 4.78 is 22.6. The minimum Gasteiger partial charge on any atom is -0.325 e. The van der Waals surface area contributed by atoms with Gasteiger partial charge in [-0.25, -0.2) is 13.6 Å². The van der Waals surface area contributed by atoms with E-state index < -0.39 is 10.0 Å². The normalized spacial score (nSPS) is 11.1. The summed E-state index contributed by atoms with van der Waals surface area (Å²) >= 11 is 13.2. The van der Waals surface area contributed by atoms with Crippen LogP contribution in [-0.2, 0) is 14.8 Å². The summed E-state index contributed by atoms with van der Waals surface area (Å²) in [4.78, 5) is 25.4. The molecule has 4 N–H and O–H groups in total. The van der Waals surface area contributed by atoms with E-state index >= 15 is 0 Å². The van der Waals surface area contributed by atoms with E-state index in [1.54, 1.807) is 30.3 Å². The van der Waals surface area contributed by atoms with Crippen LogP contribution >= 0.6 is 35.0 Å². The third-order valence-electron chi connectivity index (χ3n) is 4.10. The Balaban J connectivity index is 1.57. The Labute approximate surface area is 199 Å². The summed E-state index contributed by atoms with van der Waals surface area (Å²) in [5.74, 6) is -0.549. The lowest BCUT2D eigenvalue weighted by Crippen LogP contribution is -2.15. The number of hydrogen-bond donors (Lipinski definition) is 3. The zero-order chi connectivity index (χ0) is 23.3. The van der Waals surface area contributed by atoms with Gasteiger partial charge in [0.05, 0.1) is 21.2 Å². The number of nitrogens with two attached hydrogens (primary N) is 1. The molecule has 0 saturated heterocycles. The molecule has 3 rings (SSSR count). The average Bonchev–Trinajstić information content (AvgIpc) is 2.72. The number of halogens is 2. The lowest BCUT2D eigenvalue weighted by molar-refractivity contribution is -0.113. The number of anilines is 2. The number of sulfonamides is 1. The molecule has 0 radical (unpaired) electrons. The van der Waals surface area contributed by atoms with Crippen molar-refractivity contribution in [2.75, 3.05) is 16.4 Å². The maximum atomic E-state index is 12.5. The molecule has 3 aromatic rings. The summed E-state index contributed by atoms with van der Waals surface area (Å²) in [6.45, 7) is 0. The fraction of sp³-hybridized carbons (Fsp3) is 0.0476. The highest BCUT2D eigenvalue weighted by molar-refractivity contribution is 8.00. The SMILES string of the molecule is NS(=O)(=O)c1ccc(NC(=O)CSc2cccc(NC(=O)c3ccc(Cl)cc3Cl)c2)cc1. The number of carbonyl (C=O) groups excluding carboxylic acids is 2. The van der Waals surface area contributed by atoms with Gasteiger partial charge < -0.3 is 10.6 Å². The highest BCUT2D eigenvalue weighted by Crippen LogP contribution is 2.25. The zero-order valence-corrected chi connectivity index (χ0v) is 19.5. The summed E-state index contributed by atoms with van der Waals surface area (Å²) in [5, 5.41) is 11.2. The second-order valence-electron chi connectivity index (χ2n) is 6.51. The first-order chi connectivity index (χ1) is 15.1. The van der Waals surface area contributed by atoms with Crippen LogP contribution in [0.4, 0.5) is 11.4 Å². The van der Waals surface area contributed by atoms with Crippen LogP contribution in [0.5, 0.6) is 0 Å². The molecule has 0 aliphatic carbocycles. The molecule has 0 saturated carbocycles. The number of hydrogen-bond acceptors (Lipinski definition) is 5. The lowest BCUT2D eigenvalue weighted by Gasteiger charge is -2.09. The molecule has 0 aliphatic heterocycles. The molecule has 3 aromatic carbocycles. The van der Waals surface area contributed by atoms with Gasteiger partial charge in [0, 0.05) is 21.3 Å². The van der Waals surface area contributed by atoms with E-state index in [-0.39, 0.29) is 27.5 Å². The molecule has 2 amide bonds. The number of primary sulfonamides is 1. The molecule has 0 aromatic heterocycles. The molecule has 0 aliphatic rings. The molecule has 0 atom stereocenters. The van der Waals surface area contributed by atoms with Gasteiger partial charge in [-0.05, 0) is 60.7 Å². The number of thioether (sulfide) groups is 1. The highest BCUT2D eigenvalue weighted by Gasteiger charge is 2.12. The first-order valence-corrected chi connectivity index (χ1v) is 12.3. The van der Waals surface area contributed by atoms with Crippen molar-refractivity contribution in [2.45, 2.75) is 9.79 Å². The molecular formula is C21H17Cl2N3O4S2. The number of amides is 2. The molecule has 11 heteroatoms. The van der Waals surface area contributed by atoms with Crippen molar-refractivity contribution >= 4 is 68.2 Å². The Bertz CT molecular complexity index is 1270. The van der Waals surface area contributed by atoms with Crippen LogP contribution in [0.1, 0.15) is 10.4 Å². The van der Waals surface area contributed by atoms with Gasteiger partial charge >= 0.3 is 0 Å². The van der Waals surface area contributed by atoms with Crippen LogP contribution in [0.15, 0.2) is 76.5 Å². The predicted octanol–water partition coefficient (Wildman–Crippen LogP) is 4.62. The third kappa shape index (κ3) is 6.72. The quantitative estimate of drug-likeness (QED) is 0.401. The summed E-state index contributed by atoms with van der Waals surface area (Å²) in [7, 11) is -3.79. The van der Waals surface area contributed by atoms with Crippen LogP contribution < -0.4 is 15.8 Å². The van der Waals surface area contributed by atoms with Crippen molar-refractivity contribution in [1.82, 2.24) is 0 Å². The minimum atomic E-state index is -3.79. The van der Waals surface area contributed by atoms with Gasteiger partial charge in [-0.2, -0.15) is 0 Å². The first-order valence-electron chi connectivity index (χ1n) is 9.04. The van der Waals surface area contributed by atoms with Crippen LogP contribution in [0.25, 0.3) is 0 Å². The number of carbonyl (C=O) groups is 2. The van der Waals surface area contributed by atoms with E-state index in [9.17, 15) is 18.0 Å². The highest BCUT2D eigenvalue weighted by atomic mass is 35.5. The minimum absolute atomic E-state index is 0.0383. The topological polar surface area (TPSA) is 118 Å². The summed E-state index contributed by atoms with van der Waals surface area (Å²) in [6.07, 6.45) is 0. The molecule has 0 spiro atoms. The van der Waals surface area contributed by atoms with E-state index in [0.717, 1.165) is 4.90 Å². The Hall–Kier alpha value is -2.56. The predicted molar refractivity (Wildman–Crippen MR) is 128 cm³/mol. The smallest absolute Gasteiger partial charge is 0.257 e. The lowest BCUT2D eigenvalue weighted by atomic mass is 10.2.